The van der Waals surface area contributed by atoms with Gasteiger partial charge in [0.05, 0.1) is 37.7 Å². The van der Waals surface area contributed by atoms with E-state index in [1.165, 1.54) is 14.2 Å². The number of methoxy groups -OCH3 is 1. The number of aromatic nitrogens is 2. The third-order valence-electron chi connectivity index (χ3n) is 6.47. The highest BCUT2D eigenvalue weighted by molar-refractivity contribution is 6.29. The predicted octanol–water partition coefficient (Wildman–Crippen LogP) is 4.60. The van der Waals surface area contributed by atoms with Gasteiger partial charge in [-0.2, -0.15) is 0 Å². The van der Waals surface area contributed by atoms with Crippen molar-refractivity contribution in [3.8, 4) is 0 Å². The Kier molecular flexibility index (Phi) is 8.86. The maximum Gasteiger partial charge on any atom is 0.415 e. The van der Waals surface area contributed by atoms with E-state index in [1.54, 1.807) is 36.2 Å². The summed E-state index contributed by atoms with van der Waals surface area (Å²) in [5, 5.41) is 4.56. The lowest BCUT2D eigenvalue weighted by atomic mass is 10.0. The Hall–Kier alpha value is -4.22. The van der Waals surface area contributed by atoms with Crippen LogP contribution in [0.1, 0.15) is 50.6 Å². The fraction of sp³-hybridized carbons (Fsp3) is 0.321. The third-order valence-corrected chi connectivity index (χ3v) is 6.68. The zero-order chi connectivity index (χ0) is 29.0. The second kappa shape index (κ2) is 12.3. The Morgan fingerprint density at radius 2 is 1.90 bits per heavy atom. The summed E-state index contributed by atoms with van der Waals surface area (Å²) < 4.78 is 10.2. The Morgan fingerprint density at radius 1 is 1.18 bits per heavy atom. The molecule has 2 aromatic heterocycles. The molecule has 0 unspecified atom stereocenters. The Balaban J connectivity index is 1.55. The molecule has 210 valence electrons. The molecular formula is C28H30ClN5O6. The number of aryl methyl sites for hydroxylation is 1. The first kappa shape index (κ1) is 28.8. The molecule has 0 bridgehead atoms. The van der Waals surface area contributed by atoms with Crippen LogP contribution in [0.4, 0.5) is 16.3 Å². The van der Waals surface area contributed by atoms with Gasteiger partial charge < -0.3 is 14.8 Å². The number of esters is 1. The number of hydrogen-bond donors (Lipinski definition) is 1. The quantitative estimate of drug-likeness (QED) is 0.224. The standard InChI is InChI=1S/C28H30ClN5O6/c1-16-12-22(17(2)30-21-10-11-23(29)32-25(21)27(36)38-4)31-24(13-16)34-20(15-40-28(34)37)14-18-6-8-19(9-7-18)26(35)33(3)39-5/h6-13,17,20,30H,14-15H2,1-5H3/t17-,20+/m1/s1. The van der Waals surface area contributed by atoms with Crippen LogP contribution in [0.2, 0.25) is 5.15 Å². The first-order chi connectivity index (χ1) is 19.1. The van der Waals surface area contributed by atoms with Gasteiger partial charge >= 0.3 is 12.1 Å². The average molecular weight is 568 g/mol. The highest BCUT2D eigenvalue weighted by atomic mass is 35.5. The molecule has 1 N–H and O–H groups in total. The molecule has 2 amide bonds. The monoisotopic (exact) mass is 567 g/mol. The molecule has 3 aromatic rings. The van der Waals surface area contributed by atoms with E-state index < -0.39 is 12.1 Å². The molecule has 1 saturated heterocycles. The second-order valence-electron chi connectivity index (χ2n) is 9.30. The highest BCUT2D eigenvalue weighted by Crippen LogP contribution is 2.29. The van der Waals surface area contributed by atoms with Crippen molar-refractivity contribution in [2.45, 2.75) is 32.4 Å². The van der Waals surface area contributed by atoms with Crippen molar-refractivity contribution >= 4 is 41.1 Å². The lowest BCUT2D eigenvalue weighted by Crippen LogP contribution is -2.36. The molecule has 1 aromatic carbocycles. The Labute approximate surface area is 237 Å². The molecule has 0 aliphatic carbocycles. The van der Waals surface area contributed by atoms with Crippen molar-refractivity contribution < 1.29 is 28.7 Å². The summed E-state index contributed by atoms with van der Waals surface area (Å²) in [6, 6.07) is 13.4. The molecule has 1 fully saturated rings. The number of nitrogens with one attached hydrogen (secondary N) is 1. The SMILES string of the molecule is COC(=O)c1nc(Cl)ccc1N[C@H](C)c1cc(C)cc(N2C(=O)OC[C@@H]2Cc2ccc(C(=O)N(C)OC)cc2)n1. The van der Waals surface area contributed by atoms with Gasteiger partial charge in [0.25, 0.3) is 5.91 Å². The summed E-state index contributed by atoms with van der Waals surface area (Å²) in [4.78, 5) is 52.7. The molecule has 11 nitrogen and oxygen atoms in total. The number of ether oxygens (including phenoxy) is 2. The van der Waals surface area contributed by atoms with E-state index in [1.807, 2.05) is 38.1 Å². The van der Waals surface area contributed by atoms with Crippen molar-refractivity contribution in [1.29, 1.82) is 0 Å². The summed E-state index contributed by atoms with van der Waals surface area (Å²) in [5.41, 5.74) is 3.44. The number of cyclic esters (lactones) is 1. The fourth-order valence-electron chi connectivity index (χ4n) is 4.34. The molecule has 4 rings (SSSR count). The lowest BCUT2D eigenvalue weighted by molar-refractivity contribution is -0.0757. The van der Waals surface area contributed by atoms with Gasteiger partial charge in [0.2, 0.25) is 0 Å². The van der Waals surface area contributed by atoms with Gasteiger partial charge in [-0.3, -0.25) is 14.5 Å². The van der Waals surface area contributed by atoms with E-state index in [0.29, 0.717) is 29.2 Å². The zero-order valence-electron chi connectivity index (χ0n) is 22.8. The van der Waals surface area contributed by atoms with Crippen LogP contribution in [0, 0.1) is 6.92 Å². The van der Waals surface area contributed by atoms with Gasteiger partial charge in [0.1, 0.15) is 17.6 Å². The van der Waals surface area contributed by atoms with Gasteiger partial charge in [0, 0.05) is 12.6 Å². The molecular weight excluding hydrogens is 538 g/mol. The summed E-state index contributed by atoms with van der Waals surface area (Å²) in [5.74, 6) is -0.435. The number of hydroxylamine groups is 2. The maximum absolute atomic E-state index is 12.8. The fourth-order valence-corrected chi connectivity index (χ4v) is 4.49. The van der Waals surface area contributed by atoms with Crippen molar-refractivity contribution in [2.24, 2.45) is 0 Å². The smallest absolute Gasteiger partial charge is 0.415 e. The molecule has 1 aliphatic heterocycles. The van der Waals surface area contributed by atoms with Gasteiger partial charge in [0.15, 0.2) is 5.69 Å². The number of benzene rings is 1. The Morgan fingerprint density at radius 3 is 2.58 bits per heavy atom. The molecule has 12 heteroatoms. The minimum atomic E-state index is -0.624. The zero-order valence-corrected chi connectivity index (χ0v) is 23.6. The van der Waals surface area contributed by atoms with Crippen molar-refractivity contribution in [2.75, 3.05) is 38.1 Å². The van der Waals surface area contributed by atoms with E-state index in [-0.39, 0.29) is 35.4 Å². The van der Waals surface area contributed by atoms with Crippen LogP contribution in [-0.2, 0) is 20.7 Å². The highest BCUT2D eigenvalue weighted by Gasteiger charge is 2.35. The largest absolute Gasteiger partial charge is 0.464 e. The van der Waals surface area contributed by atoms with Crippen molar-refractivity contribution in [1.82, 2.24) is 15.0 Å². The molecule has 40 heavy (non-hydrogen) atoms. The summed E-state index contributed by atoms with van der Waals surface area (Å²) in [6.07, 6.45) is 0.0101. The predicted molar refractivity (Wildman–Crippen MR) is 148 cm³/mol. The number of amides is 2. The minimum absolute atomic E-state index is 0.0551. The number of carbonyl (C=O) groups is 3. The van der Waals surface area contributed by atoms with Gasteiger partial charge in [-0.05, 0) is 67.8 Å². The van der Waals surface area contributed by atoms with E-state index in [9.17, 15) is 14.4 Å². The number of rotatable bonds is 9. The number of halogens is 1. The normalized spacial score (nSPS) is 15.4. The van der Waals surface area contributed by atoms with Crippen molar-refractivity contribution in [3.05, 3.63) is 81.8 Å². The van der Waals surface area contributed by atoms with E-state index in [4.69, 9.17) is 30.9 Å². The van der Waals surface area contributed by atoms with E-state index in [2.05, 4.69) is 10.3 Å². The minimum Gasteiger partial charge on any atom is -0.464 e. The van der Waals surface area contributed by atoms with E-state index in [0.717, 1.165) is 16.2 Å². The topological polar surface area (TPSA) is 123 Å². The second-order valence-corrected chi connectivity index (χ2v) is 9.69. The third kappa shape index (κ3) is 6.32. The van der Waals surface area contributed by atoms with Crippen LogP contribution in [0.15, 0.2) is 48.5 Å². The summed E-state index contributed by atoms with van der Waals surface area (Å²) >= 11 is 5.98. The molecule has 2 atom stereocenters. The summed E-state index contributed by atoms with van der Waals surface area (Å²) in [6.45, 7) is 3.99. The number of carbonyl (C=O) groups excluding carboxylic acids is 3. The number of anilines is 2. The average Bonchev–Trinajstić information content (AvgIpc) is 3.32. The molecule has 0 spiro atoms. The van der Waals surface area contributed by atoms with Crippen LogP contribution >= 0.6 is 11.6 Å². The van der Waals surface area contributed by atoms with Crippen LogP contribution < -0.4 is 10.2 Å². The number of pyridine rings is 2. The first-order valence-electron chi connectivity index (χ1n) is 12.5. The Bertz CT molecular complexity index is 1420. The van der Waals surface area contributed by atoms with Crippen molar-refractivity contribution in [3.63, 3.8) is 0 Å². The maximum atomic E-state index is 12.8. The van der Waals surface area contributed by atoms with E-state index >= 15 is 0 Å². The molecule has 0 saturated carbocycles. The summed E-state index contributed by atoms with van der Waals surface area (Å²) in [7, 11) is 4.24. The van der Waals surface area contributed by atoms with Gasteiger partial charge in [-0.1, -0.05) is 23.7 Å². The molecule has 3 heterocycles. The lowest BCUT2D eigenvalue weighted by Gasteiger charge is -2.23. The number of hydrogen-bond acceptors (Lipinski definition) is 9. The molecule has 0 radical (unpaired) electrons. The van der Waals surface area contributed by atoms with Crippen LogP contribution in [0.5, 0.6) is 0 Å². The van der Waals surface area contributed by atoms with Crippen LogP contribution in [-0.4, -0.2) is 66.9 Å². The van der Waals surface area contributed by atoms with Crippen LogP contribution in [0.25, 0.3) is 0 Å². The first-order valence-corrected chi connectivity index (χ1v) is 12.9. The molecule has 1 aliphatic rings. The van der Waals surface area contributed by atoms with Gasteiger partial charge in [-0.15, -0.1) is 0 Å². The van der Waals surface area contributed by atoms with Crippen LogP contribution in [0.3, 0.4) is 0 Å². The number of nitrogens with zero attached hydrogens (tertiary/aromatic N) is 4. The van der Waals surface area contributed by atoms with Gasteiger partial charge in [-0.25, -0.2) is 24.6 Å².